The van der Waals surface area contributed by atoms with Crippen LogP contribution in [0.3, 0.4) is 0 Å². The largest absolute Gasteiger partial charge is 0.355 e. The molecule has 2 aliphatic rings. The van der Waals surface area contributed by atoms with Gasteiger partial charge in [0.15, 0.2) is 12.3 Å². The number of pyridine rings is 2. The van der Waals surface area contributed by atoms with Crippen LogP contribution < -0.4 is 15.1 Å². The van der Waals surface area contributed by atoms with E-state index < -0.39 is 22.2 Å². The van der Waals surface area contributed by atoms with E-state index in [4.69, 9.17) is 4.98 Å². The first-order valence-corrected chi connectivity index (χ1v) is 14.0. The molecule has 0 amide bonds. The summed E-state index contributed by atoms with van der Waals surface area (Å²) < 4.78 is 50.5. The Morgan fingerprint density at radius 3 is 2.39 bits per heavy atom. The predicted octanol–water partition coefficient (Wildman–Crippen LogP) is 3.26. The summed E-state index contributed by atoms with van der Waals surface area (Å²) in [6.45, 7) is 5.31. The van der Waals surface area contributed by atoms with Crippen LogP contribution in [-0.2, 0) is 9.84 Å². The Labute approximate surface area is 208 Å². The molecule has 192 valence electrons. The van der Waals surface area contributed by atoms with Crippen LogP contribution in [0.4, 0.5) is 32.2 Å². The van der Waals surface area contributed by atoms with E-state index >= 15 is 0 Å². The highest BCUT2D eigenvalue weighted by molar-refractivity contribution is 7.90. The maximum atomic E-state index is 13.6. The van der Waals surface area contributed by atoms with Gasteiger partial charge in [0.2, 0.25) is 5.95 Å². The molecule has 2 saturated heterocycles. The molecule has 9 nitrogen and oxygen atoms in total. The fourth-order valence-corrected chi connectivity index (χ4v) is 5.86. The third kappa shape index (κ3) is 5.04. The number of alkyl halides is 2. The number of halogens is 2. The van der Waals surface area contributed by atoms with Crippen molar-refractivity contribution in [2.75, 3.05) is 53.3 Å². The van der Waals surface area contributed by atoms with Gasteiger partial charge >= 0.3 is 0 Å². The molecule has 12 heteroatoms. The molecule has 5 heterocycles. The van der Waals surface area contributed by atoms with Crippen molar-refractivity contribution >= 4 is 44.0 Å². The number of nitrogens with one attached hydrogen (secondary N) is 1. The fraction of sp³-hybridized carbons (Fsp3) is 0.500. The number of hydrogen-bond donors (Lipinski definition) is 1. The summed E-state index contributed by atoms with van der Waals surface area (Å²) in [5.74, 6) is 2.58. The van der Waals surface area contributed by atoms with Gasteiger partial charge in [0.05, 0.1) is 18.8 Å². The average molecular weight is 518 g/mol. The van der Waals surface area contributed by atoms with Crippen LogP contribution in [0.15, 0.2) is 30.7 Å². The summed E-state index contributed by atoms with van der Waals surface area (Å²) in [4.78, 5) is 21.4. The lowest BCUT2D eigenvalue weighted by Crippen LogP contribution is -2.50. The minimum absolute atomic E-state index is 0.0755. The first-order valence-electron chi connectivity index (χ1n) is 11.9. The summed E-state index contributed by atoms with van der Waals surface area (Å²) in [5, 5.41) is 5.07. The Hall–Kier alpha value is -3.15. The highest BCUT2D eigenvalue weighted by atomic mass is 32.2. The molecular formula is C24H29F2N7O2S. The first-order chi connectivity index (χ1) is 17.1. The van der Waals surface area contributed by atoms with E-state index in [9.17, 15) is 17.2 Å². The van der Waals surface area contributed by atoms with Crippen LogP contribution in [0.5, 0.6) is 0 Å². The molecule has 0 radical (unpaired) electrons. The molecule has 0 saturated carbocycles. The van der Waals surface area contributed by atoms with Crippen molar-refractivity contribution in [3.63, 3.8) is 0 Å². The second kappa shape index (κ2) is 9.38. The molecule has 0 aliphatic carbocycles. The van der Waals surface area contributed by atoms with E-state index in [1.54, 1.807) is 18.5 Å². The predicted molar refractivity (Wildman–Crippen MR) is 136 cm³/mol. The maximum Gasteiger partial charge on any atom is 0.227 e. The number of nitrogens with zero attached hydrogens (tertiary/aromatic N) is 6. The Kier molecular flexibility index (Phi) is 6.39. The van der Waals surface area contributed by atoms with Gasteiger partial charge in [-0.1, -0.05) is 13.8 Å². The number of sulfone groups is 1. The van der Waals surface area contributed by atoms with Gasteiger partial charge in [-0.15, -0.1) is 0 Å². The van der Waals surface area contributed by atoms with Gasteiger partial charge in [-0.25, -0.2) is 32.2 Å². The number of aromatic nitrogens is 4. The molecule has 3 aromatic heterocycles. The Morgan fingerprint density at radius 2 is 1.72 bits per heavy atom. The number of fused-ring (bicyclic) bond motifs is 1. The van der Waals surface area contributed by atoms with Crippen molar-refractivity contribution in [3.05, 3.63) is 36.3 Å². The topological polar surface area (TPSA) is 104 Å². The van der Waals surface area contributed by atoms with E-state index in [1.165, 1.54) is 11.2 Å². The van der Waals surface area contributed by atoms with Crippen LogP contribution in [0, 0.1) is 5.92 Å². The minimum Gasteiger partial charge on any atom is -0.355 e. The molecule has 0 unspecified atom stereocenters. The van der Waals surface area contributed by atoms with Gasteiger partial charge in [0, 0.05) is 49.2 Å². The summed E-state index contributed by atoms with van der Waals surface area (Å²) in [6, 6.07) is 3.62. The van der Waals surface area contributed by atoms with E-state index in [1.807, 2.05) is 12.3 Å². The van der Waals surface area contributed by atoms with Crippen molar-refractivity contribution in [2.24, 2.45) is 5.92 Å². The highest BCUT2D eigenvalue weighted by Crippen LogP contribution is 2.35. The number of rotatable bonds is 7. The van der Waals surface area contributed by atoms with Crippen molar-refractivity contribution in [2.45, 2.75) is 32.1 Å². The van der Waals surface area contributed by atoms with Crippen LogP contribution in [0.1, 0.15) is 25.3 Å². The van der Waals surface area contributed by atoms with Crippen LogP contribution in [0.2, 0.25) is 0 Å². The van der Waals surface area contributed by atoms with Crippen LogP contribution in [0.25, 0.3) is 10.8 Å². The van der Waals surface area contributed by atoms with Crippen LogP contribution >= 0.6 is 0 Å². The zero-order valence-electron chi connectivity index (χ0n) is 20.4. The second-order valence-corrected chi connectivity index (χ2v) is 12.2. The molecular weight excluding hydrogens is 488 g/mol. The van der Waals surface area contributed by atoms with Gasteiger partial charge in [-0.05, 0) is 29.0 Å². The fourth-order valence-electron chi connectivity index (χ4n) is 4.79. The molecule has 0 bridgehead atoms. The van der Waals surface area contributed by atoms with Crippen molar-refractivity contribution in [3.8, 4) is 0 Å². The Balaban J connectivity index is 1.40. The Bertz CT molecular complexity index is 1370. The van der Waals surface area contributed by atoms with Gasteiger partial charge < -0.3 is 15.1 Å². The molecule has 2 aliphatic heterocycles. The smallest absolute Gasteiger partial charge is 0.227 e. The monoisotopic (exact) mass is 517 g/mol. The lowest BCUT2D eigenvalue weighted by Gasteiger charge is -2.40. The third-order valence-electron chi connectivity index (χ3n) is 6.56. The van der Waals surface area contributed by atoms with Crippen LogP contribution in [-0.4, -0.2) is 78.9 Å². The van der Waals surface area contributed by atoms with Gasteiger partial charge in [-0.2, -0.15) is 4.98 Å². The molecule has 0 spiro atoms. The molecule has 36 heavy (non-hydrogen) atoms. The maximum absolute atomic E-state index is 13.6. The molecule has 5 rings (SSSR count). The number of anilines is 4. The molecule has 3 aromatic rings. The summed E-state index contributed by atoms with van der Waals surface area (Å²) >= 11 is 0. The van der Waals surface area contributed by atoms with Crippen molar-refractivity contribution in [1.82, 2.24) is 19.9 Å². The quantitative estimate of drug-likeness (QED) is 0.506. The first kappa shape index (κ1) is 24.5. The zero-order chi connectivity index (χ0) is 25.6. The second-order valence-electron chi connectivity index (χ2n) is 9.97. The Morgan fingerprint density at radius 1 is 1.00 bits per heavy atom. The third-order valence-corrected chi connectivity index (χ3v) is 7.64. The molecule has 0 aromatic carbocycles. The van der Waals surface area contributed by atoms with E-state index in [-0.39, 0.29) is 36.6 Å². The zero-order valence-corrected chi connectivity index (χ0v) is 21.2. The van der Waals surface area contributed by atoms with Gasteiger partial charge in [-0.3, -0.25) is 0 Å². The van der Waals surface area contributed by atoms with E-state index in [0.717, 1.165) is 22.2 Å². The minimum atomic E-state index is -3.02. The average Bonchev–Trinajstić information content (AvgIpc) is 3.13. The number of hydrogen-bond acceptors (Lipinski definition) is 9. The van der Waals surface area contributed by atoms with Gasteiger partial charge in [0.1, 0.15) is 27.3 Å². The van der Waals surface area contributed by atoms with E-state index in [2.05, 4.69) is 39.0 Å². The molecule has 2 fully saturated rings. The summed E-state index contributed by atoms with van der Waals surface area (Å²) in [7, 11) is -3.02. The van der Waals surface area contributed by atoms with E-state index in [0.29, 0.717) is 24.7 Å². The lowest BCUT2D eigenvalue weighted by atomic mass is 9.97. The van der Waals surface area contributed by atoms with Crippen molar-refractivity contribution in [1.29, 1.82) is 0 Å². The van der Waals surface area contributed by atoms with Gasteiger partial charge in [0.25, 0.3) is 0 Å². The SMILES string of the molecule is CC(C)c1cnc(N2CC(CS(C)(=O)=O)C2)c2cnc(Nc3ccnc(N4C[C@H](F)[C@@H](F)C4)n3)cc12. The standard InChI is InChI=1S/C24H29F2N7O2S/c1-14(2)17-7-29-23(32-9-15(10-32)13-36(3,34)35)18-8-28-22(6-16(17)18)30-21-4-5-27-24(31-21)33-11-19(25)20(26)12-33/h4-8,14-15,19-20H,9-13H2,1-3H3,(H,27,28,30,31)/t19-,20-/m0/s1. The summed E-state index contributed by atoms with van der Waals surface area (Å²) in [6.07, 6.45) is 3.35. The lowest BCUT2D eigenvalue weighted by molar-refractivity contribution is 0.217. The molecule has 1 N–H and O–H groups in total. The normalized spacial score (nSPS) is 20.8. The molecule has 2 atom stereocenters. The summed E-state index contributed by atoms with van der Waals surface area (Å²) in [5.41, 5.74) is 1.07. The highest BCUT2D eigenvalue weighted by Gasteiger charge is 2.34. The van der Waals surface area contributed by atoms with Crippen molar-refractivity contribution < 1.29 is 17.2 Å².